The molecule has 0 bridgehead atoms. The summed E-state index contributed by atoms with van der Waals surface area (Å²) in [7, 11) is 4.45. The lowest BCUT2D eigenvalue weighted by Crippen LogP contribution is -2.45. The Morgan fingerprint density at radius 1 is 1.05 bits per heavy atom. The molecule has 3 rings (SSSR count). The minimum absolute atomic E-state index is 0.654. The lowest BCUT2D eigenvalue weighted by atomic mass is 9.93. The third-order valence-corrected chi connectivity index (χ3v) is 4.76. The van der Waals surface area contributed by atoms with E-state index in [-0.39, 0.29) is 0 Å². The summed E-state index contributed by atoms with van der Waals surface area (Å²) in [6.45, 7) is 8.12. The topological polar surface area (TPSA) is 9.72 Å². The number of fused-ring (bicyclic) bond motifs is 1. The fourth-order valence-corrected chi connectivity index (χ4v) is 3.22. The van der Waals surface area contributed by atoms with Crippen molar-refractivity contribution in [2.45, 2.75) is 25.9 Å². The number of nitrogens with zero attached hydrogens (tertiary/aromatic N) is 3. The van der Waals surface area contributed by atoms with Crippen molar-refractivity contribution >= 4 is 5.69 Å². The van der Waals surface area contributed by atoms with Crippen molar-refractivity contribution < 1.29 is 0 Å². The maximum Gasteiger partial charge on any atom is 0.0403 e. The normalized spacial score (nSPS) is 25.4. The third kappa shape index (κ3) is 2.49. The van der Waals surface area contributed by atoms with Crippen molar-refractivity contribution in [3.8, 4) is 0 Å². The van der Waals surface area contributed by atoms with Crippen molar-refractivity contribution in [2.75, 3.05) is 45.2 Å². The van der Waals surface area contributed by atoms with Gasteiger partial charge in [0.1, 0.15) is 0 Å². The van der Waals surface area contributed by atoms with Crippen molar-refractivity contribution in [1.29, 1.82) is 0 Å². The number of likely N-dealkylation sites (N-methyl/N-ethyl adjacent to an activating group) is 2. The Morgan fingerprint density at radius 2 is 1.79 bits per heavy atom. The van der Waals surface area contributed by atoms with Crippen LogP contribution in [0.4, 0.5) is 5.69 Å². The van der Waals surface area contributed by atoms with Crippen LogP contribution in [0.5, 0.6) is 0 Å². The molecule has 3 heteroatoms. The molecule has 2 aliphatic rings. The number of hydrogen-bond acceptors (Lipinski definition) is 3. The highest BCUT2D eigenvalue weighted by atomic mass is 15.2. The van der Waals surface area contributed by atoms with Crippen LogP contribution in [0.3, 0.4) is 0 Å². The molecule has 0 aromatic heterocycles. The minimum atomic E-state index is 0.654. The number of piperazine rings is 1. The lowest BCUT2D eigenvalue weighted by molar-refractivity contribution is 0.231. The van der Waals surface area contributed by atoms with E-state index < -0.39 is 0 Å². The predicted octanol–water partition coefficient (Wildman–Crippen LogP) is 1.81. The van der Waals surface area contributed by atoms with E-state index in [2.05, 4.69) is 53.9 Å². The Kier molecular flexibility index (Phi) is 3.50. The zero-order chi connectivity index (χ0) is 13.4. The molecule has 1 aromatic carbocycles. The smallest absolute Gasteiger partial charge is 0.0403 e. The number of hydrogen-bond donors (Lipinski definition) is 0. The Hall–Kier alpha value is -1.06. The van der Waals surface area contributed by atoms with Crippen LogP contribution in [0, 0.1) is 0 Å². The summed E-state index contributed by atoms with van der Waals surface area (Å²) < 4.78 is 0. The quantitative estimate of drug-likeness (QED) is 0.761. The van der Waals surface area contributed by atoms with Gasteiger partial charge in [0.15, 0.2) is 0 Å². The molecule has 1 unspecified atom stereocenters. The van der Waals surface area contributed by atoms with E-state index in [1.165, 1.54) is 30.8 Å². The van der Waals surface area contributed by atoms with Gasteiger partial charge in [-0.2, -0.15) is 0 Å². The monoisotopic (exact) mass is 259 g/mol. The summed E-state index contributed by atoms with van der Waals surface area (Å²) >= 11 is 0. The highest BCUT2D eigenvalue weighted by molar-refractivity contribution is 5.58. The van der Waals surface area contributed by atoms with Crippen LogP contribution in [0.15, 0.2) is 18.2 Å². The summed E-state index contributed by atoms with van der Waals surface area (Å²) in [5.41, 5.74) is 4.61. The summed E-state index contributed by atoms with van der Waals surface area (Å²) in [5.74, 6) is 0. The van der Waals surface area contributed by atoms with Crippen LogP contribution in [0.25, 0.3) is 0 Å². The maximum atomic E-state index is 2.58. The number of anilines is 1. The van der Waals surface area contributed by atoms with Crippen molar-refractivity contribution in [3.05, 3.63) is 29.3 Å². The molecule has 19 heavy (non-hydrogen) atoms. The summed E-state index contributed by atoms with van der Waals surface area (Å²) in [4.78, 5) is 7.45. The predicted molar refractivity (Wildman–Crippen MR) is 80.8 cm³/mol. The zero-order valence-electron chi connectivity index (χ0n) is 12.4. The van der Waals surface area contributed by atoms with Gasteiger partial charge in [0.05, 0.1) is 0 Å². The molecule has 0 saturated carbocycles. The number of rotatable bonds is 1. The van der Waals surface area contributed by atoms with E-state index in [1.54, 1.807) is 5.56 Å². The average molecular weight is 259 g/mol. The molecule has 3 nitrogen and oxygen atoms in total. The van der Waals surface area contributed by atoms with Gasteiger partial charge in [-0.25, -0.2) is 0 Å². The summed E-state index contributed by atoms with van der Waals surface area (Å²) in [6.07, 6.45) is 1.19. The second-order valence-corrected chi connectivity index (χ2v) is 6.17. The van der Waals surface area contributed by atoms with Gasteiger partial charge in [0.2, 0.25) is 0 Å². The highest BCUT2D eigenvalue weighted by Crippen LogP contribution is 2.31. The van der Waals surface area contributed by atoms with Crippen molar-refractivity contribution in [2.24, 2.45) is 0 Å². The molecule has 2 aliphatic heterocycles. The average Bonchev–Trinajstić information content (AvgIpc) is 2.41. The molecule has 0 amide bonds. The maximum absolute atomic E-state index is 2.58. The molecular formula is C16H25N3. The Morgan fingerprint density at radius 3 is 2.53 bits per heavy atom. The zero-order valence-corrected chi connectivity index (χ0v) is 12.4. The minimum Gasteiger partial charge on any atom is -0.369 e. The molecular weight excluding hydrogens is 234 g/mol. The molecule has 104 valence electrons. The standard InChI is InChI=1S/C16H25N3/c1-13-11-15-14(12-18(13)3)5-4-6-16(15)19-9-7-17(2)8-10-19/h4-6,13H,7-12H2,1-3H3. The van der Waals surface area contributed by atoms with Crippen molar-refractivity contribution in [1.82, 2.24) is 9.80 Å². The first-order chi connectivity index (χ1) is 9.15. The van der Waals surface area contributed by atoms with Gasteiger partial charge in [0.25, 0.3) is 0 Å². The molecule has 0 spiro atoms. The van der Waals surface area contributed by atoms with Gasteiger partial charge in [0, 0.05) is 44.5 Å². The van der Waals surface area contributed by atoms with E-state index in [0.29, 0.717) is 6.04 Å². The van der Waals surface area contributed by atoms with Gasteiger partial charge in [-0.05, 0) is 44.6 Å². The molecule has 0 N–H and O–H groups in total. The van der Waals surface area contributed by atoms with Gasteiger partial charge < -0.3 is 9.80 Å². The van der Waals surface area contributed by atoms with E-state index in [1.807, 2.05) is 0 Å². The molecule has 1 saturated heterocycles. The largest absolute Gasteiger partial charge is 0.369 e. The first-order valence-corrected chi connectivity index (χ1v) is 7.39. The van der Waals surface area contributed by atoms with Crippen LogP contribution in [0.1, 0.15) is 18.1 Å². The van der Waals surface area contributed by atoms with Crippen LogP contribution >= 0.6 is 0 Å². The first-order valence-electron chi connectivity index (χ1n) is 7.39. The second-order valence-electron chi connectivity index (χ2n) is 6.17. The van der Waals surface area contributed by atoms with Crippen LogP contribution in [-0.4, -0.2) is 56.1 Å². The molecule has 2 heterocycles. The third-order valence-electron chi connectivity index (χ3n) is 4.76. The molecule has 1 atom stereocenters. The van der Waals surface area contributed by atoms with Gasteiger partial charge >= 0.3 is 0 Å². The lowest BCUT2D eigenvalue weighted by Gasteiger charge is -2.38. The fraction of sp³-hybridized carbons (Fsp3) is 0.625. The van der Waals surface area contributed by atoms with Gasteiger partial charge in [-0.1, -0.05) is 12.1 Å². The van der Waals surface area contributed by atoms with Gasteiger partial charge in [-0.3, -0.25) is 4.90 Å². The van der Waals surface area contributed by atoms with Crippen LogP contribution < -0.4 is 4.90 Å². The van der Waals surface area contributed by atoms with Crippen LogP contribution in [-0.2, 0) is 13.0 Å². The SMILES string of the molecule is CC1Cc2c(cccc2N2CCN(C)CC2)CN1C. The van der Waals surface area contributed by atoms with E-state index in [4.69, 9.17) is 0 Å². The van der Waals surface area contributed by atoms with E-state index in [9.17, 15) is 0 Å². The molecule has 1 aromatic rings. The highest BCUT2D eigenvalue weighted by Gasteiger charge is 2.24. The molecule has 0 radical (unpaired) electrons. The Balaban J connectivity index is 1.88. The van der Waals surface area contributed by atoms with Crippen molar-refractivity contribution in [3.63, 3.8) is 0 Å². The Labute approximate surface area is 116 Å². The van der Waals surface area contributed by atoms with E-state index in [0.717, 1.165) is 19.6 Å². The van der Waals surface area contributed by atoms with E-state index >= 15 is 0 Å². The fourth-order valence-electron chi connectivity index (χ4n) is 3.22. The first kappa shape index (κ1) is 12.9. The number of benzene rings is 1. The Bertz CT molecular complexity index is 449. The summed E-state index contributed by atoms with van der Waals surface area (Å²) in [6, 6.07) is 7.51. The molecule has 0 aliphatic carbocycles. The second kappa shape index (κ2) is 5.14. The van der Waals surface area contributed by atoms with Crippen LogP contribution in [0.2, 0.25) is 0 Å². The van der Waals surface area contributed by atoms with Gasteiger partial charge in [-0.15, -0.1) is 0 Å². The molecule has 1 fully saturated rings. The summed E-state index contributed by atoms with van der Waals surface area (Å²) in [5, 5.41) is 0.